The van der Waals surface area contributed by atoms with E-state index in [2.05, 4.69) is 5.32 Å². The second-order valence-electron chi connectivity index (χ2n) is 8.31. The number of rotatable bonds is 8. The molecule has 1 atom stereocenters. The number of hydrogen-bond acceptors (Lipinski definition) is 6. The summed E-state index contributed by atoms with van der Waals surface area (Å²) in [4.78, 5) is 32.7. The maximum absolute atomic E-state index is 13.3. The zero-order chi connectivity index (χ0) is 27.2. The minimum atomic E-state index is -0.691. The minimum absolute atomic E-state index is 0.0103. The van der Waals surface area contributed by atoms with Crippen LogP contribution < -0.4 is 14.8 Å². The molecular weight excluding hydrogens is 569 g/mol. The Hall–Kier alpha value is -2.91. The number of thioether (sulfide) groups is 1. The standard InChI is InChI=1S/C27H24Cl3N3O4S/c1-36-22-8-3-16(11-23(22)37-2)9-10-33-25(34)15-24(26(35)31-21-13-18(29)12-19(30)14-21)38-27(33)32-20-6-4-17(28)5-7-20/h3-8,11-14,24H,9-10,15H2,1-2H3,(H,31,35). The van der Waals surface area contributed by atoms with Gasteiger partial charge in [-0.2, -0.15) is 0 Å². The molecule has 1 fully saturated rings. The van der Waals surface area contributed by atoms with Crippen molar-refractivity contribution in [3.63, 3.8) is 0 Å². The van der Waals surface area contributed by atoms with E-state index in [1.165, 1.54) is 11.8 Å². The monoisotopic (exact) mass is 591 g/mol. The molecule has 0 radical (unpaired) electrons. The van der Waals surface area contributed by atoms with E-state index in [-0.39, 0.29) is 18.2 Å². The zero-order valence-corrected chi connectivity index (χ0v) is 23.6. The third-order valence-electron chi connectivity index (χ3n) is 5.69. The molecule has 7 nitrogen and oxygen atoms in total. The molecule has 1 aliphatic heterocycles. The van der Waals surface area contributed by atoms with Crippen molar-refractivity contribution >= 4 is 74.9 Å². The van der Waals surface area contributed by atoms with Gasteiger partial charge in [0.05, 0.1) is 19.9 Å². The number of ether oxygens (including phenoxy) is 2. The Morgan fingerprint density at radius 2 is 1.66 bits per heavy atom. The van der Waals surface area contributed by atoms with Gasteiger partial charge in [0, 0.05) is 33.7 Å². The van der Waals surface area contributed by atoms with E-state index in [0.717, 1.165) is 5.56 Å². The number of amides is 2. The van der Waals surface area contributed by atoms with E-state index in [1.54, 1.807) is 61.6 Å². The van der Waals surface area contributed by atoms with Gasteiger partial charge in [-0.25, -0.2) is 4.99 Å². The molecule has 4 rings (SSSR count). The van der Waals surface area contributed by atoms with Gasteiger partial charge in [-0.05, 0) is 66.6 Å². The molecule has 1 heterocycles. The number of amidine groups is 1. The molecule has 11 heteroatoms. The summed E-state index contributed by atoms with van der Waals surface area (Å²) in [5.74, 6) is 0.684. The zero-order valence-electron chi connectivity index (χ0n) is 20.5. The predicted molar refractivity (Wildman–Crippen MR) is 155 cm³/mol. The Kier molecular flexibility index (Phi) is 9.44. The topological polar surface area (TPSA) is 80.2 Å². The van der Waals surface area contributed by atoms with Crippen LogP contribution in [-0.2, 0) is 16.0 Å². The highest BCUT2D eigenvalue weighted by atomic mass is 35.5. The molecular formula is C27H24Cl3N3O4S. The van der Waals surface area contributed by atoms with Gasteiger partial charge in [0.1, 0.15) is 5.25 Å². The van der Waals surface area contributed by atoms with Crippen LogP contribution in [0, 0.1) is 0 Å². The number of anilines is 1. The average molecular weight is 593 g/mol. The normalized spacial score (nSPS) is 16.4. The second-order valence-corrected chi connectivity index (χ2v) is 10.8. The average Bonchev–Trinajstić information content (AvgIpc) is 2.88. The first-order valence-corrected chi connectivity index (χ1v) is 13.6. The Morgan fingerprint density at radius 3 is 2.32 bits per heavy atom. The number of carbonyl (C=O) groups is 2. The number of halogens is 3. The van der Waals surface area contributed by atoms with Crippen molar-refractivity contribution in [1.82, 2.24) is 4.90 Å². The first-order valence-electron chi connectivity index (χ1n) is 11.5. The summed E-state index contributed by atoms with van der Waals surface area (Å²) >= 11 is 19.4. The molecule has 3 aromatic rings. The molecule has 198 valence electrons. The van der Waals surface area contributed by atoms with Crippen molar-refractivity contribution in [3.8, 4) is 11.5 Å². The SMILES string of the molecule is COc1ccc(CCN2C(=O)CC(C(=O)Nc3cc(Cl)cc(Cl)c3)SC2=Nc2ccc(Cl)cc2)cc1OC. The largest absolute Gasteiger partial charge is 0.493 e. The lowest BCUT2D eigenvalue weighted by Gasteiger charge is -2.32. The first-order chi connectivity index (χ1) is 18.2. The molecule has 0 bridgehead atoms. The number of methoxy groups -OCH3 is 2. The van der Waals surface area contributed by atoms with Crippen molar-refractivity contribution < 1.29 is 19.1 Å². The summed E-state index contributed by atoms with van der Waals surface area (Å²) in [7, 11) is 3.15. The number of carbonyl (C=O) groups excluding carboxylic acids is 2. The Bertz CT molecular complexity index is 1350. The molecule has 0 spiro atoms. The number of benzene rings is 3. The van der Waals surface area contributed by atoms with E-state index < -0.39 is 5.25 Å². The lowest BCUT2D eigenvalue weighted by molar-refractivity contribution is -0.129. The van der Waals surface area contributed by atoms with E-state index in [9.17, 15) is 9.59 Å². The number of nitrogens with one attached hydrogen (secondary N) is 1. The molecule has 1 N–H and O–H groups in total. The van der Waals surface area contributed by atoms with Crippen LogP contribution in [0.2, 0.25) is 15.1 Å². The van der Waals surface area contributed by atoms with Gasteiger partial charge in [0.2, 0.25) is 11.8 Å². The summed E-state index contributed by atoms with van der Waals surface area (Å²) in [5, 5.41) is 3.90. The fraction of sp³-hybridized carbons (Fsp3) is 0.222. The summed E-state index contributed by atoms with van der Waals surface area (Å²) in [6, 6.07) is 17.3. The highest BCUT2D eigenvalue weighted by molar-refractivity contribution is 8.15. The summed E-state index contributed by atoms with van der Waals surface area (Å²) in [6.07, 6.45) is 0.556. The third kappa shape index (κ3) is 7.14. The van der Waals surface area contributed by atoms with Gasteiger partial charge in [0.15, 0.2) is 16.7 Å². The Labute approximate surface area is 240 Å². The van der Waals surface area contributed by atoms with Crippen LogP contribution in [0.15, 0.2) is 65.7 Å². The van der Waals surface area contributed by atoms with E-state index in [1.807, 2.05) is 18.2 Å². The van der Waals surface area contributed by atoms with Crippen LogP contribution in [0.1, 0.15) is 12.0 Å². The lowest BCUT2D eigenvalue weighted by Crippen LogP contribution is -2.46. The number of hydrogen-bond donors (Lipinski definition) is 1. The second kappa shape index (κ2) is 12.8. The molecule has 38 heavy (non-hydrogen) atoms. The maximum atomic E-state index is 13.3. The van der Waals surface area contributed by atoms with Crippen molar-refractivity contribution in [2.75, 3.05) is 26.1 Å². The molecule has 0 aliphatic carbocycles. The van der Waals surface area contributed by atoms with Crippen molar-refractivity contribution in [2.45, 2.75) is 18.1 Å². The summed E-state index contributed by atoms with van der Waals surface area (Å²) in [5.41, 5.74) is 2.03. The van der Waals surface area contributed by atoms with E-state index in [4.69, 9.17) is 49.3 Å². The van der Waals surface area contributed by atoms with Crippen LogP contribution in [0.5, 0.6) is 11.5 Å². The number of nitrogens with zero attached hydrogens (tertiary/aromatic N) is 2. The molecule has 1 saturated heterocycles. The van der Waals surface area contributed by atoms with Gasteiger partial charge < -0.3 is 14.8 Å². The number of aliphatic imine (C=N–C) groups is 1. The third-order valence-corrected chi connectivity index (χ3v) is 7.56. The van der Waals surface area contributed by atoms with Gasteiger partial charge in [0.25, 0.3) is 0 Å². The van der Waals surface area contributed by atoms with Crippen LogP contribution in [0.4, 0.5) is 11.4 Å². The van der Waals surface area contributed by atoms with Gasteiger partial charge in [-0.3, -0.25) is 14.5 Å². The maximum Gasteiger partial charge on any atom is 0.238 e. The van der Waals surface area contributed by atoms with Crippen LogP contribution in [0.3, 0.4) is 0 Å². The van der Waals surface area contributed by atoms with Crippen LogP contribution in [0.25, 0.3) is 0 Å². The van der Waals surface area contributed by atoms with Crippen molar-refractivity contribution in [1.29, 1.82) is 0 Å². The first kappa shape index (κ1) is 28.1. The Morgan fingerprint density at radius 1 is 0.974 bits per heavy atom. The molecule has 3 aromatic carbocycles. The van der Waals surface area contributed by atoms with Gasteiger partial charge in [-0.1, -0.05) is 52.6 Å². The fourth-order valence-electron chi connectivity index (χ4n) is 3.81. The molecule has 2 amide bonds. The van der Waals surface area contributed by atoms with E-state index in [0.29, 0.717) is 56.1 Å². The van der Waals surface area contributed by atoms with Gasteiger partial charge >= 0.3 is 0 Å². The van der Waals surface area contributed by atoms with Crippen LogP contribution in [-0.4, -0.2) is 47.9 Å². The molecule has 0 saturated carbocycles. The summed E-state index contributed by atoms with van der Waals surface area (Å²) < 4.78 is 10.7. The Balaban J connectivity index is 1.56. The minimum Gasteiger partial charge on any atom is -0.493 e. The van der Waals surface area contributed by atoms with Crippen molar-refractivity contribution in [3.05, 3.63) is 81.3 Å². The van der Waals surface area contributed by atoms with Gasteiger partial charge in [-0.15, -0.1) is 0 Å². The predicted octanol–water partition coefficient (Wildman–Crippen LogP) is 6.87. The highest BCUT2D eigenvalue weighted by Gasteiger charge is 2.36. The molecule has 1 unspecified atom stereocenters. The highest BCUT2D eigenvalue weighted by Crippen LogP contribution is 2.32. The molecule has 1 aliphatic rings. The molecule has 0 aromatic heterocycles. The quantitative estimate of drug-likeness (QED) is 0.309. The van der Waals surface area contributed by atoms with Crippen molar-refractivity contribution in [2.24, 2.45) is 4.99 Å². The fourth-order valence-corrected chi connectivity index (χ4v) is 5.59. The van der Waals surface area contributed by atoms with Crippen LogP contribution >= 0.6 is 46.6 Å². The lowest BCUT2D eigenvalue weighted by atomic mass is 10.1. The summed E-state index contributed by atoms with van der Waals surface area (Å²) in [6.45, 7) is 0.367. The van der Waals surface area contributed by atoms with E-state index >= 15 is 0 Å². The smallest absolute Gasteiger partial charge is 0.238 e.